The number of hydrogen-bond acceptors (Lipinski definition) is 6. The lowest BCUT2D eigenvalue weighted by atomic mass is 10.1. The molecule has 0 bridgehead atoms. The average molecular weight is 296 g/mol. The molecule has 0 aliphatic rings. The average Bonchev–Trinajstić information content (AvgIpc) is 3.09. The predicted octanol–water partition coefficient (Wildman–Crippen LogP) is 1.02. The zero-order chi connectivity index (χ0) is 15.4. The molecule has 0 saturated carbocycles. The Kier molecular flexibility index (Phi) is 3.84. The molecule has 0 radical (unpaired) electrons. The number of carbonyl (C=O) groups is 1. The maximum atomic E-state index is 12.4. The quantitative estimate of drug-likeness (QED) is 0.722. The Balaban J connectivity index is 2.22. The van der Waals surface area contributed by atoms with Gasteiger partial charge in [0.1, 0.15) is 6.33 Å². The van der Waals surface area contributed by atoms with E-state index in [4.69, 9.17) is 4.84 Å². The SMILES string of the molecule is CONC(=O)c1c(-n2cccn2)ccnc1-c1cncnc1. The molecule has 1 N–H and O–H groups in total. The molecule has 1 amide bonds. The first-order valence-corrected chi connectivity index (χ1v) is 6.39. The first-order chi connectivity index (χ1) is 10.8. The number of aromatic nitrogens is 5. The molecule has 3 aromatic rings. The van der Waals surface area contributed by atoms with Crippen molar-refractivity contribution >= 4 is 5.91 Å². The van der Waals surface area contributed by atoms with Crippen LogP contribution in [0, 0.1) is 0 Å². The van der Waals surface area contributed by atoms with E-state index < -0.39 is 5.91 Å². The van der Waals surface area contributed by atoms with Gasteiger partial charge >= 0.3 is 0 Å². The molecule has 0 aliphatic heterocycles. The first-order valence-electron chi connectivity index (χ1n) is 6.39. The zero-order valence-electron chi connectivity index (χ0n) is 11.7. The van der Waals surface area contributed by atoms with Crippen molar-refractivity contribution in [1.29, 1.82) is 0 Å². The van der Waals surface area contributed by atoms with Crippen LogP contribution in [-0.2, 0) is 4.84 Å². The second kappa shape index (κ2) is 6.10. The van der Waals surface area contributed by atoms with Crippen molar-refractivity contribution in [2.75, 3.05) is 7.11 Å². The maximum absolute atomic E-state index is 12.4. The molecule has 3 rings (SSSR count). The van der Waals surface area contributed by atoms with E-state index in [0.717, 1.165) is 0 Å². The highest BCUT2D eigenvalue weighted by molar-refractivity contribution is 6.02. The molecule has 8 nitrogen and oxygen atoms in total. The minimum Gasteiger partial charge on any atom is -0.277 e. The molecule has 3 heterocycles. The van der Waals surface area contributed by atoms with Crippen LogP contribution >= 0.6 is 0 Å². The molecule has 0 aromatic carbocycles. The summed E-state index contributed by atoms with van der Waals surface area (Å²) in [5.74, 6) is -0.431. The standard InChI is InChI=1S/C14H12N6O2/c1-22-19-14(21)12-11(20-6-2-4-18-20)3-5-17-13(12)10-7-15-9-16-8-10/h2-9H,1H3,(H,19,21). The minimum atomic E-state index is -0.431. The van der Waals surface area contributed by atoms with Gasteiger partial charge < -0.3 is 0 Å². The van der Waals surface area contributed by atoms with Crippen molar-refractivity contribution in [3.05, 3.63) is 55.0 Å². The minimum absolute atomic E-state index is 0.322. The van der Waals surface area contributed by atoms with Gasteiger partial charge in [-0.2, -0.15) is 5.10 Å². The molecule has 110 valence electrons. The van der Waals surface area contributed by atoms with Gasteiger partial charge in [-0.25, -0.2) is 20.1 Å². The fourth-order valence-corrected chi connectivity index (χ4v) is 2.06. The van der Waals surface area contributed by atoms with Crippen molar-refractivity contribution in [3.8, 4) is 16.9 Å². The van der Waals surface area contributed by atoms with Crippen LogP contribution in [0.5, 0.6) is 0 Å². The van der Waals surface area contributed by atoms with Gasteiger partial charge in [0.15, 0.2) is 0 Å². The molecule has 8 heteroatoms. The monoisotopic (exact) mass is 296 g/mol. The van der Waals surface area contributed by atoms with E-state index in [1.807, 2.05) is 0 Å². The highest BCUT2D eigenvalue weighted by atomic mass is 16.6. The summed E-state index contributed by atoms with van der Waals surface area (Å²) in [4.78, 5) is 29.3. The lowest BCUT2D eigenvalue weighted by Crippen LogP contribution is -2.24. The summed E-state index contributed by atoms with van der Waals surface area (Å²) in [6.45, 7) is 0. The van der Waals surface area contributed by atoms with E-state index >= 15 is 0 Å². The summed E-state index contributed by atoms with van der Waals surface area (Å²) in [5, 5.41) is 4.16. The smallest absolute Gasteiger partial charge is 0.277 e. The van der Waals surface area contributed by atoms with Crippen molar-refractivity contribution in [3.63, 3.8) is 0 Å². The summed E-state index contributed by atoms with van der Waals surface area (Å²) >= 11 is 0. The van der Waals surface area contributed by atoms with E-state index in [1.54, 1.807) is 47.8 Å². The first kappa shape index (κ1) is 13.8. The Labute approximate surface area is 125 Å². The van der Waals surface area contributed by atoms with Gasteiger partial charge in [0, 0.05) is 36.5 Å². The van der Waals surface area contributed by atoms with Crippen LogP contribution < -0.4 is 5.48 Å². The Morgan fingerprint density at radius 3 is 2.77 bits per heavy atom. The number of amides is 1. The van der Waals surface area contributed by atoms with Crippen LogP contribution in [0.4, 0.5) is 0 Å². The number of hydroxylamine groups is 1. The van der Waals surface area contributed by atoms with Crippen molar-refractivity contribution in [1.82, 2.24) is 30.2 Å². The molecule has 0 unspecified atom stereocenters. The molecular weight excluding hydrogens is 284 g/mol. The molecule has 22 heavy (non-hydrogen) atoms. The lowest BCUT2D eigenvalue weighted by Gasteiger charge is -2.13. The number of nitrogens with one attached hydrogen (secondary N) is 1. The highest BCUT2D eigenvalue weighted by Crippen LogP contribution is 2.25. The van der Waals surface area contributed by atoms with Crippen LogP contribution in [0.2, 0.25) is 0 Å². The summed E-state index contributed by atoms with van der Waals surface area (Å²) in [6.07, 6.45) is 9.56. The van der Waals surface area contributed by atoms with E-state index in [1.165, 1.54) is 13.4 Å². The fourth-order valence-electron chi connectivity index (χ4n) is 2.06. The third-order valence-electron chi connectivity index (χ3n) is 2.94. The molecule has 0 atom stereocenters. The van der Waals surface area contributed by atoms with E-state index in [2.05, 4.69) is 25.5 Å². The third kappa shape index (κ3) is 2.54. The third-order valence-corrected chi connectivity index (χ3v) is 2.94. The van der Waals surface area contributed by atoms with Gasteiger partial charge in [-0.05, 0) is 12.1 Å². The second-order valence-corrected chi connectivity index (χ2v) is 4.27. The lowest BCUT2D eigenvalue weighted by molar-refractivity contribution is 0.0538. The second-order valence-electron chi connectivity index (χ2n) is 4.27. The largest absolute Gasteiger partial charge is 0.279 e. The molecule has 3 aromatic heterocycles. The molecule has 0 fully saturated rings. The normalized spacial score (nSPS) is 10.4. The number of rotatable bonds is 4. The molecule has 0 saturated heterocycles. The van der Waals surface area contributed by atoms with Gasteiger partial charge in [-0.15, -0.1) is 0 Å². The fraction of sp³-hybridized carbons (Fsp3) is 0.0714. The topological polar surface area (TPSA) is 94.8 Å². The Hall–Kier alpha value is -3.13. The van der Waals surface area contributed by atoms with Crippen LogP contribution in [0.3, 0.4) is 0 Å². The number of nitrogens with zero attached hydrogens (tertiary/aromatic N) is 5. The van der Waals surface area contributed by atoms with Crippen molar-refractivity contribution in [2.45, 2.75) is 0 Å². The summed E-state index contributed by atoms with van der Waals surface area (Å²) in [7, 11) is 1.37. The van der Waals surface area contributed by atoms with Crippen LogP contribution in [0.15, 0.2) is 49.4 Å². The summed E-state index contributed by atoms with van der Waals surface area (Å²) in [6, 6.07) is 3.47. The van der Waals surface area contributed by atoms with Gasteiger partial charge in [-0.3, -0.25) is 14.6 Å². The van der Waals surface area contributed by atoms with E-state index in [9.17, 15) is 4.79 Å². The van der Waals surface area contributed by atoms with Gasteiger partial charge in [0.2, 0.25) is 0 Å². The Morgan fingerprint density at radius 1 is 1.27 bits per heavy atom. The van der Waals surface area contributed by atoms with Crippen LogP contribution in [0.1, 0.15) is 10.4 Å². The summed E-state index contributed by atoms with van der Waals surface area (Å²) in [5.41, 5.74) is 4.28. The van der Waals surface area contributed by atoms with Crippen molar-refractivity contribution < 1.29 is 9.63 Å². The van der Waals surface area contributed by atoms with Gasteiger partial charge in [0.25, 0.3) is 5.91 Å². The molecule has 0 spiro atoms. The summed E-state index contributed by atoms with van der Waals surface area (Å²) < 4.78 is 1.58. The van der Waals surface area contributed by atoms with Gasteiger partial charge in [0.05, 0.1) is 24.1 Å². The maximum Gasteiger partial charge on any atom is 0.279 e. The molecular formula is C14H12N6O2. The van der Waals surface area contributed by atoms with E-state index in [-0.39, 0.29) is 0 Å². The van der Waals surface area contributed by atoms with Crippen molar-refractivity contribution in [2.24, 2.45) is 0 Å². The Bertz CT molecular complexity index is 773. The van der Waals surface area contributed by atoms with Gasteiger partial charge in [-0.1, -0.05) is 0 Å². The number of hydrogen-bond donors (Lipinski definition) is 1. The predicted molar refractivity (Wildman–Crippen MR) is 76.9 cm³/mol. The zero-order valence-corrected chi connectivity index (χ0v) is 11.7. The molecule has 0 aliphatic carbocycles. The number of carbonyl (C=O) groups excluding carboxylic acids is 1. The number of pyridine rings is 1. The van der Waals surface area contributed by atoms with Crippen LogP contribution in [-0.4, -0.2) is 37.7 Å². The van der Waals surface area contributed by atoms with Crippen LogP contribution in [0.25, 0.3) is 16.9 Å². The highest BCUT2D eigenvalue weighted by Gasteiger charge is 2.20. The Morgan fingerprint density at radius 2 is 2.09 bits per heavy atom. The van der Waals surface area contributed by atoms with E-state index in [0.29, 0.717) is 22.5 Å².